The number of rotatable bonds is 3. The molecule has 3 rings (SSSR count). The van der Waals surface area contributed by atoms with Gasteiger partial charge in [-0.25, -0.2) is 0 Å². The average Bonchev–Trinajstić information content (AvgIpc) is 2.92. The van der Waals surface area contributed by atoms with Crippen LogP contribution in [0.1, 0.15) is 17.5 Å². The van der Waals surface area contributed by atoms with Gasteiger partial charge in [0.1, 0.15) is 5.75 Å². The molecule has 80 valence electrons. The molecular formula is C12H13ClO2. The lowest BCUT2D eigenvalue weighted by Gasteiger charge is -2.07. The molecular weight excluding hydrogens is 212 g/mol. The molecule has 0 radical (unpaired) electrons. The molecule has 0 spiro atoms. The Morgan fingerprint density at radius 2 is 2.27 bits per heavy atom. The third kappa shape index (κ3) is 1.97. The largest absolute Gasteiger partial charge is 0.493 e. The van der Waals surface area contributed by atoms with Gasteiger partial charge in [-0.3, -0.25) is 0 Å². The average molecular weight is 225 g/mol. The van der Waals surface area contributed by atoms with E-state index < -0.39 is 0 Å². The third-order valence-corrected chi connectivity index (χ3v) is 3.18. The van der Waals surface area contributed by atoms with E-state index in [0.717, 1.165) is 43.2 Å². The van der Waals surface area contributed by atoms with E-state index in [1.54, 1.807) is 0 Å². The molecule has 2 nitrogen and oxygen atoms in total. The Balaban J connectivity index is 1.84. The first-order valence-corrected chi connectivity index (χ1v) is 5.76. The summed E-state index contributed by atoms with van der Waals surface area (Å²) in [4.78, 5) is 0. The normalized spacial score (nSPS) is 22.3. The zero-order valence-electron chi connectivity index (χ0n) is 8.46. The lowest BCUT2D eigenvalue weighted by atomic mass is 10.0. The van der Waals surface area contributed by atoms with Gasteiger partial charge in [0.15, 0.2) is 0 Å². The van der Waals surface area contributed by atoms with Gasteiger partial charge in [0.2, 0.25) is 0 Å². The number of epoxide rings is 1. The van der Waals surface area contributed by atoms with E-state index in [-0.39, 0.29) is 0 Å². The van der Waals surface area contributed by atoms with Crippen molar-refractivity contribution in [1.82, 2.24) is 0 Å². The van der Waals surface area contributed by atoms with Crippen LogP contribution in [-0.2, 0) is 17.6 Å². The topological polar surface area (TPSA) is 21.8 Å². The second kappa shape index (κ2) is 3.69. The smallest absolute Gasteiger partial charge is 0.125 e. The molecule has 0 bridgehead atoms. The zero-order valence-corrected chi connectivity index (χ0v) is 9.22. The Kier molecular flexibility index (Phi) is 2.33. The summed E-state index contributed by atoms with van der Waals surface area (Å²) >= 11 is 6.07. The van der Waals surface area contributed by atoms with Gasteiger partial charge in [0.05, 0.1) is 19.3 Å². The number of ether oxygens (including phenoxy) is 2. The van der Waals surface area contributed by atoms with Crippen LogP contribution in [0.4, 0.5) is 0 Å². The van der Waals surface area contributed by atoms with Crippen molar-refractivity contribution in [2.24, 2.45) is 0 Å². The molecule has 2 heterocycles. The van der Waals surface area contributed by atoms with Gasteiger partial charge in [-0.1, -0.05) is 11.6 Å². The number of hydrogen-bond donors (Lipinski definition) is 0. The summed E-state index contributed by atoms with van der Waals surface area (Å²) in [6.45, 7) is 1.71. The molecule has 1 saturated heterocycles. The van der Waals surface area contributed by atoms with E-state index in [2.05, 4.69) is 0 Å². The maximum Gasteiger partial charge on any atom is 0.125 e. The fraction of sp³-hybridized carbons (Fsp3) is 0.500. The predicted octanol–water partition coefficient (Wildman–Crippen LogP) is 2.61. The van der Waals surface area contributed by atoms with Gasteiger partial charge < -0.3 is 9.47 Å². The fourth-order valence-electron chi connectivity index (χ4n) is 2.08. The van der Waals surface area contributed by atoms with E-state index in [9.17, 15) is 0 Å². The number of benzene rings is 1. The Hall–Kier alpha value is -0.730. The third-order valence-electron chi connectivity index (χ3n) is 2.96. The van der Waals surface area contributed by atoms with Crippen molar-refractivity contribution in [3.63, 3.8) is 0 Å². The molecule has 1 fully saturated rings. The fourth-order valence-corrected chi connectivity index (χ4v) is 2.35. The summed E-state index contributed by atoms with van der Waals surface area (Å²) in [5, 5.41) is 0.825. The Morgan fingerprint density at radius 3 is 3.07 bits per heavy atom. The van der Waals surface area contributed by atoms with Gasteiger partial charge in [0.25, 0.3) is 0 Å². The van der Waals surface area contributed by atoms with E-state index in [1.807, 2.05) is 12.1 Å². The van der Waals surface area contributed by atoms with Crippen LogP contribution in [0.3, 0.4) is 0 Å². The SMILES string of the molecule is Clc1cc2c(c(CCC3CO3)c1)OCC2. The summed E-state index contributed by atoms with van der Waals surface area (Å²) in [7, 11) is 0. The molecule has 1 unspecified atom stereocenters. The molecule has 1 aromatic carbocycles. The van der Waals surface area contributed by atoms with Crippen LogP contribution in [0.2, 0.25) is 5.02 Å². The predicted molar refractivity (Wildman–Crippen MR) is 58.7 cm³/mol. The Labute approximate surface area is 94.1 Å². The summed E-state index contributed by atoms with van der Waals surface area (Å²) in [5.74, 6) is 1.07. The maximum atomic E-state index is 6.07. The van der Waals surface area contributed by atoms with Gasteiger partial charge in [-0.05, 0) is 36.1 Å². The molecule has 1 atom stereocenters. The number of aryl methyl sites for hydroxylation is 1. The molecule has 2 aliphatic rings. The molecule has 3 heteroatoms. The lowest BCUT2D eigenvalue weighted by Crippen LogP contribution is -1.95. The van der Waals surface area contributed by atoms with Crippen LogP contribution >= 0.6 is 11.6 Å². The van der Waals surface area contributed by atoms with Gasteiger partial charge in [-0.15, -0.1) is 0 Å². The standard InChI is InChI=1S/C12H13ClO2/c13-10-5-8(1-2-11-7-15-11)12-9(6-10)3-4-14-12/h5-6,11H,1-4,7H2. The highest BCUT2D eigenvalue weighted by molar-refractivity contribution is 6.30. The molecule has 0 saturated carbocycles. The van der Waals surface area contributed by atoms with E-state index >= 15 is 0 Å². The lowest BCUT2D eigenvalue weighted by molar-refractivity contribution is 0.351. The molecule has 0 N–H and O–H groups in total. The van der Waals surface area contributed by atoms with Crippen molar-refractivity contribution in [3.05, 3.63) is 28.3 Å². The minimum Gasteiger partial charge on any atom is -0.493 e. The maximum absolute atomic E-state index is 6.07. The van der Waals surface area contributed by atoms with Crippen LogP contribution < -0.4 is 4.74 Å². The second-order valence-electron chi connectivity index (χ2n) is 4.15. The molecule has 0 amide bonds. The van der Waals surface area contributed by atoms with Gasteiger partial charge in [0, 0.05) is 11.4 Å². The number of hydrogen-bond acceptors (Lipinski definition) is 2. The van der Waals surface area contributed by atoms with Crippen molar-refractivity contribution >= 4 is 11.6 Å². The van der Waals surface area contributed by atoms with Crippen molar-refractivity contribution in [3.8, 4) is 5.75 Å². The second-order valence-corrected chi connectivity index (χ2v) is 4.58. The van der Waals surface area contributed by atoms with Crippen LogP contribution in [0.15, 0.2) is 12.1 Å². The van der Waals surface area contributed by atoms with E-state index in [4.69, 9.17) is 21.1 Å². The van der Waals surface area contributed by atoms with Crippen LogP contribution in [0.25, 0.3) is 0 Å². The van der Waals surface area contributed by atoms with Gasteiger partial charge in [-0.2, -0.15) is 0 Å². The van der Waals surface area contributed by atoms with Crippen LogP contribution in [-0.4, -0.2) is 19.3 Å². The van der Waals surface area contributed by atoms with Crippen LogP contribution in [0, 0.1) is 0 Å². The number of halogens is 1. The first kappa shape index (κ1) is 9.49. The highest BCUT2D eigenvalue weighted by atomic mass is 35.5. The zero-order chi connectivity index (χ0) is 10.3. The molecule has 0 aromatic heterocycles. The number of fused-ring (bicyclic) bond motifs is 1. The van der Waals surface area contributed by atoms with Crippen molar-refractivity contribution in [1.29, 1.82) is 0 Å². The molecule has 1 aromatic rings. The van der Waals surface area contributed by atoms with Gasteiger partial charge >= 0.3 is 0 Å². The minimum atomic E-state index is 0.473. The van der Waals surface area contributed by atoms with Crippen molar-refractivity contribution in [2.75, 3.05) is 13.2 Å². The minimum absolute atomic E-state index is 0.473. The van der Waals surface area contributed by atoms with E-state index in [1.165, 1.54) is 11.1 Å². The van der Waals surface area contributed by atoms with Crippen molar-refractivity contribution in [2.45, 2.75) is 25.4 Å². The van der Waals surface area contributed by atoms with Crippen molar-refractivity contribution < 1.29 is 9.47 Å². The molecule has 0 aliphatic carbocycles. The monoisotopic (exact) mass is 224 g/mol. The first-order chi connectivity index (χ1) is 7.33. The summed E-state index contributed by atoms with van der Waals surface area (Å²) in [6, 6.07) is 4.04. The quantitative estimate of drug-likeness (QED) is 0.737. The Morgan fingerprint density at radius 1 is 1.40 bits per heavy atom. The summed E-state index contributed by atoms with van der Waals surface area (Å²) < 4.78 is 10.8. The first-order valence-electron chi connectivity index (χ1n) is 5.38. The molecule has 15 heavy (non-hydrogen) atoms. The van der Waals surface area contributed by atoms with Crippen LogP contribution in [0.5, 0.6) is 5.75 Å². The Bertz CT molecular complexity index is 385. The highest BCUT2D eigenvalue weighted by Crippen LogP contribution is 2.34. The molecule has 2 aliphatic heterocycles. The summed E-state index contributed by atoms with van der Waals surface area (Å²) in [5.41, 5.74) is 2.50. The highest BCUT2D eigenvalue weighted by Gasteiger charge is 2.24. The summed E-state index contributed by atoms with van der Waals surface area (Å²) in [6.07, 6.45) is 3.55. The van der Waals surface area contributed by atoms with E-state index in [0.29, 0.717) is 6.10 Å².